The highest BCUT2D eigenvalue weighted by atomic mass is 16.4. The Hall–Kier alpha value is -3.92. The summed E-state index contributed by atoms with van der Waals surface area (Å²) in [7, 11) is 0. The van der Waals surface area contributed by atoms with Crippen LogP contribution < -0.4 is 0 Å². The molecule has 4 heteroatoms. The number of benzene rings is 4. The summed E-state index contributed by atoms with van der Waals surface area (Å²) in [6.45, 7) is 0. The van der Waals surface area contributed by atoms with Crippen molar-refractivity contribution in [2.24, 2.45) is 0 Å². The number of hydrogen-bond acceptors (Lipinski definition) is 3. The van der Waals surface area contributed by atoms with Gasteiger partial charge in [0.05, 0.1) is 16.8 Å². The van der Waals surface area contributed by atoms with E-state index in [2.05, 4.69) is 0 Å². The maximum Gasteiger partial charge on any atom is 0.336 e. The Balaban J connectivity index is 1.89. The van der Waals surface area contributed by atoms with E-state index in [0.29, 0.717) is 22.2 Å². The van der Waals surface area contributed by atoms with E-state index in [-0.39, 0.29) is 11.3 Å². The third-order valence-electron chi connectivity index (χ3n) is 5.07. The van der Waals surface area contributed by atoms with Gasteiger partial charge in [0.2, 0.25) is 0 Å². The fourth-order valence-corrected chi connectivity index (χ4v) is 3.71. The van der Waals surface area contributed by atoms with Gasteiger partial charge in [0.15, 0.2) is 0 Å². The van der Waals surface area contributed by atoms with Gasteiger partial charge in [0, 0.05) is 16.3 Å². The lowest BCUT2D eigenvalue weighted by Gasteiger charge is -2.11. The summed E-state index contributed by atoms with van der Waals surface area (Å²) in [5.41, 5.74) is 1.72. The monoisotopic (exact) mass is 365 g/mol. The Labute approximate surface area is 160 Å². The van der Waals surface area contributed by atoms with Crippen LogP contribution >= 0.6 is 0 Å². The van der Waals surface area contributed by atoms with Crippen LogP contribution in [0.3, 0.4) is 0 Å². The molecule has 0 atom stereocenters. The number of aromatic hydroxyl groups is 1. The van der Waals surface area contributed by atoms with Gasteiger partial charge in [-0.1, -0.05) is 60.7 Å². The lowest BCUT2D eigenvalue weighted by molar-refractivity contribution is 0.0699. The Bertz CT molecular complexity index is 1410. The average molecular weight is 365 g/mol. The summed E-state index contributed by atoms with van der Waals surface area (Å²) in [6, 6.07) is 24.2. The van der Waals surface area contributed by atoms with E-state index < -0.39 is 5.97 Å². The van der Waals surface area contributed by atoms with Crippen molar-refractivity contribution in [1.29, 1.82) is 0 Å². The number of carbonyl (C=O) groups is 1. The molecule has 2 N–H and O–H groups in total. The minimum atomic E-state index is -1.02. The van der Waals surface area contributed by atoms with Gasteiger partial charge in [-0.2, -0.15) is 0 Å². The highest BCUT2D eigenvalue weighted by Gasteiger charge is 2.17. The molecule has 0 aliphatic heterocycles. The summed E-state index contributed by atoms with van der Waals surface area (Å²) in [5, 5.41) is 24.7. The van der Waals surface area contributed by atoms with E-state index in [1.165, 1.54) is 6.07 Å². The lowest BCUT2D eigenvalue weighted by Crippen LogP contribution is -2.01. The van der Waals surface area contributed by atoms with Crippen molar-refractivity contribution in [3.8, 4) is 17.0 Å². The molecule has 1 heterocycles. The van der Waals surface area contributed by atoms with E-state index in [0.717, 1.165) is 21.5 Å². The summed E-state index contributed by atoms with van der Waals surface area (Å²) >= 11 is 0. The molecule has 5 aromatic rings. The van der Waals surface area contributed by atoms with Crippen molar-refractivity contribution < 1.29 is 15.0 Å². The number of hydrogen-bond donors (Lipinski definition) is 2. The molecule has 5 rings (SSSR count). The first-order chi connectivity index (χ1) is 13.6. The van der Waals surface area contributed by atoms with Crippen LogP contribution in [0.15, 0.2) is 78.9 Å². The minimum absolute atomic E-state index is 0.0714. The number of rotatable bonds is 2. The second kappa shape index (κ2) is 6.06. The second-order valence-corrected chi connectivity index (χ2v) is 6.76. The molecule has 0 spiro atoms. The topological polar surface area (TPSA) is 70.4 Å². The Morgan fingerprint density at radius 1 is 0.750 bits per heavy atom. The van der Waals surface area contributed by atoms with Crippen molar-refractivity contribution in [3.05, 3.63) is 84.4 Å². The van der Waals surface area contributed by atoms with Gasteiger partial charge >= 0.3 is 5.97 Å². The normalized spacial score (nSPS) is 11.3. The molecule has 28 heavy (non-hydrogen) atoms. The summed E-state index contributed by atoms with van der Waals surface area (Å²) in [4.78, 5) is 16.7. The Morgan fingerprint density at radius 2 is 1.43 bits per heavy atom. The molecule has 134 valence electrons. The minimum Gasteiger partial charge on any atom is -0.507 e. The van der Waals surface area contributed by atoms with E-state index >= 15 is 0 Å². The number of nitrogens with zero attached hydrogens (tertiary/aromatic N) is 1. The molecule has 1 aromatic heterocycles. The maximum absolute atomic E-state index is 11.9. The molecular weight excluding hydrogens is 350 g/mol. The first-order valence-electron chi connectivity index (χ1n) is 8.90. The van der Waals surface area contributed by atoms with Crippen molar-refractivity contribution >= 4 is 38.4 Å². The number of carboxylic acids is 1. The van der Waals surface area contributed by atoms with E-state index in [4.69, 9.17) is 4.98 Å². The number of carboxylic acid groups (broad SMARTS) is 1. The van der Waals surface area contributed by atoms with Crippen LogP contribution in [0.4, 0.5) is 0 Å². The molecule has 0 fully saturated rings. The SMILES string of the molecule is O=C(O)c1cc(-c2cc3ccccc3cc2O)nc2c1ccc1ccccc12. The van der Waals surface area contributed by atoms with Gasteiger partial charge < -0.3 is 10.2 Å². The van der Waals surface area contributed by atoms with Gasteiger partial charge in [0.25, 0.3) is 0 Å². The third-order valence-corrected chi connectivity index (χ3v) is 5.07. The van der Waals surface area contributed by atoms with Gasteiger partial charge in [-0.3, -0.25) is 0 Å². The van der Waals surface area contributed by atoms with Crippen LogP contribution in [0.25, 0.3) is 43.7 Å². The molecule has 4 nitrogen and oxygen atoms in total. The first kappa shape index (κ1) is 16.3. The Morgan fingerprint density at radius 3 is 2.18 bits per heavy atom. The number of phenols is 1. The van der Waals surface area contributed by atoms with Crippen molar-refractivity contribution in [3.63, 3.8) is 0 Å². The fourth-order valence-electron chi connectivity index (χ4n) is 3.71. The fraction of sp³-hybridized carbons (Fsp3) is 0. The van der Waals surface area contributed by atoms with Crippen LogP contribution in [-0.2, 0) is 0 Å². The molecule has 0 unspecified atom stereocenters. The molecule has 0 saturated carbocycles. The summed E-state index contributed by atoms with van der Waals surface area (Å²) in [6.07, 6.45) is 0. The Kier molecular flexibility index (Phi) is 3.52. The summed E-state index contributed by atoms with van der Waals surface area (Å²) in [5.74, 6) is -0.952. The number of fused-ring (bicyclic) bond motifs is 4. The van der Waals surface area contributed by atoms with Crippen molar-refractivity contribution in [1.82, 2.24) is 4.98 Å². The van der Waals surface area contributed by atoms with Gasteiger partial charge in [-0.15, -0.1) is 0 Å². The highest BCUT2D eigenvalue weighted by molar-refractivity contribution is 6.13. The highest BCUT2D eigenvalue weighted by Crippen LogP contribution is 2.36. The zero-order valence-corrected chi connectivity index (χ0v) is 14.8. The molecule has 0 saturated heterocycles. The number of aromatic nitrogens is 1. The third kappa shape index (κ3) is 2.47. The second-order valence-electron chi connectivity index (χ2n) is 6.76. The van der Waals surface area contributed by atoms with E-state index in [1.54, 1.807) is 12.1 Å². The van der Waals surface area contributed by atoms with Crippen LogP contribution in [0.5, 0.6) is 5.75 Å². The lowest BCUT2D eigenvalue weighted by atomic mass is 9.98. The standard InChI is InChI=1S/C24H15NO3/c26-22-12-16-7-2-1-6-15(16)11-20(22)21-13-19(24(27)28)18-10-9-14-5-3-4-8-17(14)23(18)25-21/h1-13,26H,(H,27,28). The van der Waals surface area contributed by atoms with Crippen LogP contribution in [-0.4, -0.2) is 21.2 Å². The quantitative estimate of drug-likeness (QED) is 0.399. The molecule has 0 aliphatic rings. The zero-order chi connectivity index (χ0) is 19.3. The molecule has 0 aliphatic carbocycles. The number of phenolic OH excluding ortho intramolecular Hbond substituents is 1. The maximum atomic E-state index is 11.9. The van der Waals surface area contributed by atoms with Crippen molar-refractivity contribution in [2.75, 3.05) is 0 Å². The molecule has 0 bridgehead atoms. The molecule has 0 radical (unpaired) electrons. The van der Waals surface area contributed by atoms with Gasteiger partial charge in [0.1, 0.15) is 5.75 Å². The molecule has 4 aromatic carbocycles. The van der Waals surface area contributed by atoms with Crippen LogP contribution in [0.2, 0.25) is 0 Å². The van der Waals surface area contributed by atoms with E-state index in [1.807, 2.05) is 60.7 Å². The predicted octanol–water partition coefficient (Wildman–Crippen LogP) is 5.61. The zero-order valence-electron chi connectivity index (χ0n) is 14.8. The number of aromatic carboxylic acids is 1. The molecular formula is C24H15NO3. The predicted molar refractivity (Wildman–Crippen MR) is 111 cm³/mol. The average Bonchev–Trinajstić information content (AvgIpc) is 2.72. The first-order valence-corrected chi connectivity index (χ1v) is 8.90. The van der Waals surface area contributed by atoms with E-state index in [9.17, 15) is 15.0 Å². The number of pyridine rings is 1. The van der Waals surface area contributed by atoms with Crippen molar-refractivity contribution in [2.45, 2.75) is 0 Å². The largest absolute Gasteiger partial charge is 0.507 e. The summed E-state index contributed by atoms with van der Waals surface area (Å²) < 4.78 is 0. The van der Waals surface area contributed by atoms with Gasteiger partial charge in [-0.05, 0) is 34.4 Å². The van der Waals surface area contributed by atoms with Crippen LogP contribution in [0, 0.1) is 0 Å². The van der Waals surface area contributed by atoms with Gasteiger partial charge in [-0.25, -0.2) is 9.78 Å². The smallest absolute Gasteiger partial charge is 0.336 e. The van der Waals surface area contributed by atoms with Crippen LogP contribution in [0.1, 0.15) is 10.4 Å². The molecule has 0 amide bonds.